The molecule has 2 bridgehead atoms. The average molecular weight is 528 g/mol. The third-order valence-corrected chi connectivity index (χ3v) is 7.72. The Kier molecular flexibility index (Phi) is 6.26. The second-order valence-electron chi connectivity index (χ2n) is 10.1. The number of aromatic nitrogens is 4. The summed E-state index contributed by atoms with van der Waals surface area (Å²) in [6.07, 6.45) is 2.52. The first-order valence-electron chi connectivity index (χ1n) is 13.0. The molecular formula is C29H30FN7O2. The SMILES string of the molecule is COc1cccc(F)c1-c1nccc(C(=O)Nc2ccc(-c3c(C)nn(C)c3C)cc2N2C[C@@H]3C[C@H]2CN3)n1. The van der Waals surface area contributed by atoms with Crippen LogP contribution in [0.5, 0.6) is 5.75 Å². The van der Waals surface area contributed by atoms with Gasteiger partial charge in [0.05, 0.1) is 29.7 Å². The third-order valence-electron chi connectivity index (χ3n) is 7.72. The van der Waals surface area contributed by atoms with Crippen molar-refractivity contribution >= 4 is 17.3 Å². The Labute approximate surface area is 226 Å². The molecular weight excluding hydrogens is 497 g/mol. The monoisotopic (exact) mass is 527 g/mol. The van der Waals surface area contributed by atoms with Crippen LogP contribution in [0.2, 0.25) is 0 Å². The summed E-state index contributed by atoms with van der Waals surface area (Å²) in [5.41, 5.74) is 6.08. The van der Waals surface area contributed by atoms with Crippen LogP contribution in [0, 0.1) is 19.7 Å². The number of benzene rings is 2. The van der Waals surface area contributed by atoms with Gasteiger partial charge >= 0.3 is 0 Å². The minimum Gasteiger partial charge on any atom is -0.496 e. The Morgan fingerprint density at radius 1 is 1.18 bits per heavy atom. The number of rotatable bonds is 6. The summed E-state index contributed by atoms with van der Waals surface area (Å²) in [5, 5.41) is 11.2. The lowest BCUT2D eigenvalue weighted by Gasteiger charge is -2.31. The Morgan fingerprint density at radius 2 is 2.03 bits per heavy atom. The second kappa shape index (κ2) is 9.77. The molecule has 2 aliphatic heterocycles. The quantitative estimate of drug-likeness (QED) is 0.390. The lowest BCUT2D eigenvalue weighted by Crippen LogP contribution is -2.44. The molecule has 39 heavy (non-hydrogen) atoms. The maximum atomic E-state index is 14.7. The smallest absolute Gasteiger partial charge is 0.274 e. The molecule has 0 aliphatic carbocycles. The average Bonchev–Trinajstić information content (AvgIpc) is 3.64. The highest BCUT2D eigenvalue weighted by Gasteiger charge is 2.38. The van der Waals surface area contributed by atoms with Crippen LogP contribution in [0.3, 0.4) is 0 Å². The number of halogens is 1. The van der Waals surface area contributed by atoms with Crippen molar-refractivity contribution in [1.29, 1.82) is 0 Å². The van der Waals surface area contributed by atoms with Crippen LogP contribution in [-0.2, 0) is 7.05 Å². The fraction of sp³-hybridized carbons (Fsp3) is 0.310. The highest BCUT2D eigenvalue weighted by Crippen LogP contribution is 2.39. The molecule has 1 amide bonds. The first kappa shape index (κ1) is 25.0. The molecule has 0 saturated carbocycles. The Morgan fingerprint density at radius 3 is 2.72 bits per heavy atom. The van der Waals surface area contributed by atoms with Gasteiger partial charge in [-0.3, -0.25) is 9.48 Å². The molecule has 2 atom stereocenters. The van der Waals surface area contributed by atoms with Crippen LogP contribution in [0.1, 0.15) is 28.3 Å². The van der Waals surface area contributed by atoms with Crippen LogP contribution in [0.4, 0.5) is 15.8 Å². The van der Waals surface area contributed by atoms with Crippen molar-refractivity contribution in [3.05, 3.63) is 71.6 Å². The van der Waals surface area contributed by atoms with E-state index < -0.39 is 11.7 Å². The van der Waals surface area contributed by atoms with Gasteiger partial charge in [0.2, 0.25) is 0 Å². The number of aryl methyl sites for hydroxylation is 2. The molecule has 0 unspecified atom stereocenters. The van der Waals surface area contributed by atoms with Gasteiger partial charge in [0.1, 0.15) is 17.3 Å². The predicted octanol–water partition coefficient (Wildman–Crippen LogP) is 4.11. The van der Waals surface area contributed by atoms with Gasteiger partial charge < -0.3 is 20.3 Å². The van der Waals surface area contributed by atoms with E-state index in [9.17, 15) is 9.18 Å². The van der Waals surface area contributed by atoms with Crippen LogP contribution >= 0.6 is 0 Å². The van der Waals surface area contributed by atoms with E-state index in [1.165, 1.54) is 25.4 Å². The van der Waals surface area contributed by atoms with Gasteiger partial charge in [0, 0.05) is 49.7 Å². The Balaban J connectivity index is 1.36. The van der Waals surface area contributed by atoms with Crippen LogP contribution in [0.25, 0.3) is 22.5 Å². The van der Waals surface area contributed by atoms with Crippen molar-refractivity contribution in [1.82, 2.24) is 25.1 Å². The fourth-order valence-electron chi connectivity index (χ4n) is 5.76. The van der Waals surface area contributed by atoms with Crippen molar-refractivity contribution in [2.75, 3.05) is 30.4 Å². The number of anilines is 2. The van der Waals surface area contributed by atoms with E-state index in [0.29, 0.717) is 23.5 Å². The highest BCUT2D eigenvalue weighted by atomic mass is 19.1. The molecule has 10 heteroatoms. The molecule has 4 aromatic rings. The Bertz CT molecular complexity index is 1580. The van der Waals surface area contributed by atoms with Crippen molar-refractivity contribution in [3.63, 3.8) is 0 Å². The molecule has 2 aliphatic rings. The number of carbonyl (C=O) groups excluding carboxylic acids is 1. The van der Waals surface area contributed by atoms with E-state index in [0.717, 1.165) is 47.7 Å². The first-order valence-corrected chi connectivity index (χ1v) is 13.0. The standard InChI is InChI=1S/C29H30FN7O2/c1-16-26(17(2)36(3)35-16)18-8-9-22(24(12-18)37-15-19-13-20(37)14-32-19)34-29(38)23-10-11-31-28(33-23)27-21(30)6-5-7-25(27)39-4/h5-12,19-20,32H,13-15H2,1-4H3,(H,34,38)/t19-,20-/m0/s1. The van der Waals surface area contributed by atoms with Crippen LogP contribution < -0.4 is 20.3 Å². The lowest BCUT2D eigenvalue weighted by atomic mass is 10.0. The van der Waals surface area contributed by atoms with E-state index in [1.54, 1.807) is 12.1 Å². The minimum absolute atomic E-state index is 0.0821. The van der Waals surface area contributed by atoms with Crippen molar-refractivity contribution in [2.45, 2.75) is 32.4 Å². The number of nitrogens with one attached hydrogen (secondary N) is 2. The van der Waals surface area contributed by atoms with Crippen LogP contribution in [-0.4, -0.2) is 57.9 Å². The van der Waals surface area contributed by atoms with Crippen LogP contribution in [0.15, 0.2) is 48.7 Å². The fourth-order valence-corrected chi connectivity index (χ4v) is 5.76. The number of carbonyl (C=O) groups is 1. The van der Waals surface area contributed by atoms with Gasteiger partial charge in [-0.25, -0.2) is 14.4 Å². The second-order valence-corrected chi connectivity index (χ2v) is 10.1. The minimum atomic E-state index is -0.525. The number of ether oxygens (including phenoxy) is 1. The topological polar surface area (TPSA) is 97.2 Å². The van der Waals surface area contributed by atoms with Gasteiger partial charge in [-0.15, -0.1) is 0 Å². The van der Waals surface area contributed by atoms with Crippen molar-refractivity contribution in [2.24, 2.45) is 7.05 Å². The maximum absolute atomic E-state index is 14.7. The number of hydrogen-bond acceptors (Lipinski definition) is 7. The molecule has 0 radical (unpaired) electrons. The van der Waals surface area contributed by atoms with E-state index in [-0.39, 0.29) is 17.1 Å². The van der Waals surface area contributed by atoms with Gasteiger partial charge in [0.25, 0.3) is 5.91 Å². The number of piperazine rings is 1. The Hall–Kier alpha value is -4.31. The zero-order valence-corrected chi connectivity index (χ0v) is 22.3. The summed E-state index contributed by atoms with van der Waals surface area (Å²) >= 11 is 0. The molecule has 0 spiro atoms. The molecule has 2 aromatic carbocycles. The molecule has 4 heterocycles. The van der Waals surface area contributed by atoms with Crippen molar-refractivity contribution in [3.8, 4) is 28.3 Å². The largest absolute Gasteiger partial charge is 0.496 e. The van der Waals surface area contributed by atoms with E-state index >= 15 is 0 Å². The summed E-state index contributed by atoms with van der Waals surface area (Å²) in [6.45, 7) is 5.85. The van der Waals surface area contributed by atoms with Crippen molar-refractivity contribution < 1.29 is 13.9 Å². The summed E-state index contributed by atoms with van der Waals surface area (Å²) in [7, 11) is 3.40. The summed E-state index contributed by atoms with van der Waals surface area (Å²) in [4.78, 5) is 24.4. The number of methoxy groups -OCH3 is 1. The number of nitrogens with zero attached hydrogens (tertiary/aromatic N) is 5. The number of fused-ring (bicyclic) bond motifs is 2. The highest BCUT2D eigenvalue weighted by molar-refractivity contribution is 6.05. The summed E-state index contributed by atoms with van der Waals surface area (Å²) < 4.78 is 21.9. The zero-order valence-electron chi connectivity index (χ0n) is 22.3. The molecule has 200 valence electrons. The van der Waals surface area contributed by atoms with E-state index in [4.69, 9.17) is 4.74 Å². The van der Waals surface area contributed by atoms with E-state index in [2.05, 4.69) is 43.6 Å². The third kappa shape index (κ3) is 4.40. The number of hydrogen-bond donors (Lipinski definition) is 2. The number of amides is 1. The lowest BCUT2D eigenvalue weighted by molar-refractivity contribution is 0.102. The summed E-state index contributed by atoms with van der Waals surface area (Å²) in [5.74, 6) is -0.551. The zero-order chi connectivity index (χ0) is 27.3. The van der Waals surface area contributed by atoms with Gasteiger partial charge in [-0.05, 0) is 56.2 Å². The molecule has 2 fully saturated rings. The first-order chi connectivity index (χ1) is 18.8. The molecule has 2 aromatic heterocycles. The molecule has 2 saturated heterocycles. The normalized spacial score (nSPS) is 18.0. The summed E-state index contributed by atoms with van der Waals surface area (Å²) in [6, 6.07) is 12.9. The molecule has 6 rings (SSSR count). The molecule has 2 N–H and O–H groups in total. The maximum Gasteiger partial charge on any atom is 0.274 e. The van der Waals surface area contributed by atoms with Gasteiger partial charge in [0.15, 0.2) is 5.82 Å². The molecule has 9 nitrogen and oxygen atoms in total. The predicted molar refractivity (Wildman–Crippen MR) is 148 cm³/mol. The van der Waals surface area contributed by atoms with E-state index in [1.807, 2.05) is 30.8 Å². The van der Waals surface area contributed by atoms with Gasteiger partial charge in [-0.1, -0.05) is 12.1 Å². The van der Waals surface area contributed by atoms with Gasteiger partial charge in [-0.2, -0.15) is 5.10 Å².